The smallest absolute Gasteiger partial charge is 0.262 e. The average Bonchev–Trinajstić information content (AvgIpc) is 2.73. The van der Waals surface area contributed by atoms with Crippen LogP contribution in [-0.4, -0.2) is 44.4 Å². The van der Waals surface area contributed by atoms with Crippen molar-refractivity contribution >= 4 is 21.6 Å². The van der Waals surface area contributed by atoms with Crippen LogP contribution in [0.1, 0.15) is 44.2 Å². The predicted molar refractivity (Wildman–Crippen MR) is 125 cm³/mol. The third-order valence-electron chi connectivity index (χ3n) is 5.11. The van der Waals surface area contributed by atoms with Crippen molar-refractivity contribution in [3.05, 3.63) is 47.5 Å². The number of hydrogen-bond donors (Lipinski definition) is 1. The van der Waals surface area contributed by atoms with E-state index in [-0.39, 0.29) is 17.6 Å². The van der Waals surface area contributed by atoms with Crippen LogP contribution in [0.2, 0.25) is 0 Å². The zero-order valence-corrected chi connectivity index (χ0v) is 20.0. The summed E-state index contributed by atoms with van der Waals surface area (Å²) in [5, 5.41) is 2.76. The van der Waals surface area contributed by atoms with Crippen LogP contribution >= 0.6 is 0 Å². The molecule has 1 saturated heterocycles. The van der Waals surface area contributed by atoms with Crippen molar-refractivity contribution in [3.8, 4) is 11.5 Å². The Morgan fingerprint density at radius 2 is 1.69 bits per heavy atom. The Balaban J connectivity index is 1.79. The molecule has 0 aliphatic carbocycles. The summed E-state index contributed by atoms with van der Waals surface area (Å²) in [4.78, 5) is 12.7. The molecule has 2 aromatic rings. The first-order valence-electron chi connectivity index (χ1n) is 11.0. The van der Waals surface area contributed by atoms with E-state index in [0.29, 0.717) is 30.3 Å². The maximum Gasteiger partial charge on any atom is 0.262 e. The molecule has 0 bridgehead atoms. The summed E-state index contributed by atoms with van der Waals surface area (Å²) in [6.07, 6.45) is 2.61. The van der Waals surface area contributed by atoms with Crippen molar-refractivity contribution in [3.63, 3.8) is 0 Å². The lowest BCUT2D eigenvalue weighted by atomic mass is 10.1. The van der Waals surface area contributed by atoms with Crippen LogP contribution in [0, 0.1) is 13.8 Å². The van der Waals surface area contributed by atoms with E-state index < -0.39 is 15.9 Å². The number of nitrogens with zero attached hydrogens (tertiary/aromatic N) is 1. The molecule has 0 saturated carbocycles. The molecular weight excluding hydrogens is 428 g/mol. The number of benzene rings is 2. The summed E-state index contributed by atoms with van der Waals surface area (Å²) < 4.78 is 39.1. The molecule has 8 heteroatoms. The predicted octanol–water partition coefficient (Wildman–Crippen LogP) is 4.28. The second-order valence-corrected chi connectivity index (χ2v) is 10.4. The number of amides is 1. The summed E-state index contributed by atoms with van der Waals surface area (Å²) >= 11 is 0. The average molecular weight is 461 g/mol. The molecule has 1 N–H and O–H groups in total. The fourth-order valence-electron chi connectivity index (χ4n) is 3.73. The van der Waals surface area contributed by atoms with E-state index in [0.717, 1.165) is 30.4 Å². The number of aryl methyl sites for hydroxylation is 2. The van der Waals surface area contributed by atoms with Gasteiger partial charge in [-0.15, -0.1) is 0 Å². The number of hydrogen-bond acceptors (Lipinski definition) is 5. The largest absolute Gasteiger partial charge is 0.489 e. The fraction of sp³-hybridized carbons (Fsp3) is 0.458. The minimum atomic E-state index is -3.64. The van der Waals surface area contributed by atoms with Crippen molar-refractivity contribution in [2.24, 2.45) is 0 Å². The Bertz CT molecular complexity index is 1040. The number of nitrogens with one attached hydrogen (secondary N) is 1. The fourth-order valence-corrected chi connectivity index (χ4v) is 5.27. The second-order valence-electron chi connectivity index (χ2n) is 8.45. The second kappa shape index (κ2) is 10.4. The van der Waals surface area contributed by atoms with Crippen LogP contribution in [-0.2, 0) is 14.8 Å². The summed E-state index contributed by atoms with van der Waals surface area (Å²) in [5.41, 5.74) is 2.40. The molecule has 0 atom stereocenters. The minimum Gasteiger partial charge on any atom is -0.489 e. The molecule has 3 rings (SSSR count). The van der Waals surface area contributed by atoms with Gasteiger partial charge in [0.2, 0.25) is 10.0 Å². The van der Waals surface area contributed by atoms with E-state index >= 15 is 0 Å². The molecule has 32 heavy (non-hydrogen) atoms. The van der Waals surface area contributed by atoms with E-state index in [1.165, 1.54) is 16.4 Å². The van der Waals surface area contributed by atoms with E-state index in [2.05, 4.69) is 5.32 Å². The van der Waals surface area contributed by atoms with E-state index in [1.807, 2.05) is 45.9 Å². The van der Waals surface area contributed by atoms with Gasteiger partial charge in [0.05, 0.1) is 16.7 Å². The van der Waals surface area contributed by atoms with Crippen molar-refractivity contribution in [2.75, 3.05) is 25.0 Å². The highest BCUT2D eigenvalue weighted by atomic mass is 32.2. The number of anilines is 1. The monoisotopic (exact) mass is 460 g/mol. The summed E-state index contributed by atoms with van der Waals surface area (Å²) in [7, 11) is -3.64. The Labute approximate surface area is 190 Å². The van der Waals surface area contributed by atoms with Gasteiger partial charge in [0.15, 0.2) is 6.61 Å². The van der Waals surface area contributed by atoms with Crippen LogP contribution in [0.5, 0.6) is 11.5 Å². The highest BCUT2D eigenvalue weighted by Crippen LogP contribution is 2.31. The van der Waals surface area contributed by atoms with Gasteiger partial charge >= 0.3 is 0 Å². The lowest BCUT2D eigenvalue weighted by molar-refractivity contribution is -0.118. The van der Waals surface area contributed by atoms with E-state index in [9.17, 15) is 13.2 Å². The zero-order chi connectivity index (χ0) is 23.3. The molecule has 0 spiro atoms. The minimum absolute atomic E-state index is 0.137. The van der Waals surface area contributed by atoms with Gasteiger partial charge in [-0.1, -0.05) is 12.5 Å². The summed E-state index contributed by atoms with van der Waals surface area (Å²) in [6.45, 7) is 8.48. The normalized spacial score (nSPS) is 14.9. The quantitative estimate of drug-likeness (QED) is 0.635. The molecular formula is C24H32N2O5S. The molecule has 0 unspecified atom stereocenters. The van der Waals surface area contributed by atoms with Crippen molar-refractivity contribution < 1.29 is 22.7 Å². The van der Waals surface area contributed by atoms with Gasteiger partial charge in [-0.3, -0.25) is 4.79 Å². The van der Waals surface area contributed by atoms with Crippen LogP contribution in [0.15, 0.2) is 41.3 Å². The Kier molecular flexibility index (Phi) is 7.79. The number of sulfonamides is 1. The van der Waals surface area contributed by atoms with Gasteiger partial charge in [-0.05, 0) is 82.0 Å². The molecule has 1 amide bonds. The molecule has 2 aromatic carbocycles. The number of carbonyl (C=O) groups excluding carboxylic acids is 1. The Hall–Kier alpha value is -2.58. The number of rotatable bonds is 8. The first-order valence-corrected chi connectivity index (χ1v) is 12.4. The van der Waals surface area contributed by atoms with Crippen molar-refractivity contribution in [2.45, 2.75) is 58.0 Å². The van der Waals surface area contributed by atoms with Crippen LogP contribution in [0.3, 0.4) is 0 Å². The first kappa shape index (κ1) is 24.1. The molecule has 7 nitrogen and oxygen atoms in total. The molecule has 1 heterocycles. The van der Waals surface area contributed by atoms with Gasteiger partial charge in [-0.2, -0.15) is 4.31 Å². The van der Waals surface area contributed by atoms with Crippen LogP contribution in [0.4, 0.5) is 5.69 Å². The Morgan fingerprint density at radius 1 is 1.03 bits per heavy atom. The molecule has 0 radical (unpaired) electrons. The lowest BCUT2D eigenvalue weighted by Crippen LogP contribution is -2.35. The van der Waals surface area contributed by atoms with Crippen molar-refractivity contribution in [1.29, 1.82) is 0 Å². The van der Waals surface area contributed by atoms with Crippen LogP contribution in [0.25, 0.3) is 0 Å². The number of ether oxygens (including phenoxy) is 2. The standard InChI is InChI=1S/C24H32N2O5S/c1-17(2)31-23-9-8-21(32(28,29)26-10-6-5-7-11-26)15-22(23)25-24(27)16-30-20-13-18(3)12-19(4)14-20/h8-9,12-15,17H,5-7,10-11,16H2,1-4H3,(H,25,27). The van der Waals surface area contributed by atoms with E-state index in [4.69, 9.17) is 9.47 Å². The number of piperidine rings is 1. The maximum absolute atomic E-state index is 13.1. The highest BCUT2D eigenvalue weighted by molar-refractivity contribution is 7.89. The van der Waals surface area contributed by atoms with Gasteiger partial charge in [0, 0.05) is 13.1 Å². The maximum atomic E-state index is 13.1. The molecule has 0 aromatic heterocycles. The topological polar surface area (TPSA) is 84.9 Å². The lowest BCUT2D eigenvalue weighted by Gasteiger charge is -2.26. The highest BCUT2D eigenvalue weighted by Gasteiger charge is 2.27. The number of carbonyl (C=O) groups is 1. The zero-order valence-electron chi connectivity index (χ0n) is 19.2. The van der Waals surface area contributed by atoms with Gasteiger partial charge in [0.1, 0.15) is 11.5 Å². The summed E-state index contributed by atoms with van der Waals surface area (Å²) in [5.74, 6) is 0.625. The van der Waals surface area contributed by atoms with Crippen LogP contribution < -0.4 is 14.8 Å². The van der Waals surface area contributed by atoms with Gasteiger partial charge in [0.25, 0.3) is 5.91 Å². The molecule has 1 aliphatic rings. The van der Waals surface area contributed by atoms with E-state index in [1.54, 1.807) is 6.07 Å². The molecule has 174 valence electrons. The third-order valence-corrected chi connectivity index (χ3v) is 7.00. The molecule has 1 aliphatic heterocycles. The molecule has 1 fully saturated rings. The SMILES string of the molecule is Cc1cc(C)cc(OCC(=O)Nc2cc(S(=O)(=O)N3CCCCC3)ccc2OC(C)C)c1. The van der Waals surface area contributed by atoms with Gasteiger partial charge in [-0.25, -0.2) is 8.42 Å². The first-order chi connectivity index (χ1) is 15.1. The third kappa shape index (κ3) is 6.23. The Morgan fingerprint density at radius 3 is 2.31 bits per heavy atom. The summed E-state index contributed by atoms with van der Waals surface area (Å²) in [6, 6.07) is 10.3. The van der Waals surface area contributed by atoms with Gasteiger partial charge < -0.3 is 14.8 Å². The van der Waals surface area contributed by atoms with Crippen molar-refractivity contribution in [1.82, 2.24) is 4.31 Å².